The fraction of sp³-hybridized carbons (Fsp3) is 0.0407. The van der Waals surface area contributed by atoms with Crippen LogP contribution in [-0.2, 0) is 22.4 Å². The van der Waals surface area contributed by atoms with Crippen LogP contribution in [0.2, 0.25) is 0 Å². The largest absolute Gasteiger partial charge is 0.384 e. The van der Waals surface area contributed by atoms with E-state index in [1.807, 2.05) is 200 Å². The summed E-state index contributed by atoms with van der Waals surface area (Å²) < 4.78 is 0. The number of aliphatic hydroxyl groups excluding tert-OH is 1. The Morgan fingerprint density at radius 3 is 0.930 bits per heavy atom. The summed E-state index contributed by atoms with van der Waals surface area (Å²) in [6.07, 6.45) is -0.442. The Balaban J connectivity index is 0.0000000930. The molecular weight excluding hydrogens is 1560 g/mol. The molecule has 0 fully saturated rings. The molecule has 0 saturated heterocycles. The molecule has 0 amide bonds. The van der Waals surface area contributed by atoms with Gasteiger partial charge in [-0.15, -0.1) is 0 Å². The standard InChI is InChI=1S/C29H18O.3C27H18O.C13H10O/c30-29(24-10-3-1-8-21(24)22-9-2-4-11-25(22)29)26-17-15-20-13-12-18-6-5-7-19-14-16-23(26)28(20)27(18)19;28-27(24-15-7-5-13-22(24)23-14-6-8-16-25(23)27)26-20-11-3-1-9-18(20)17-19-10-2-4-12-21(19)26;28-27(24-15-7-5-13-22(24)23-14-6-8-16-25(23)27)26-17-18-9-1-2-10-19(18)20-11-3-4-12-21(20)26;28-27(25-12-6-4-10-23(25)24-11-5-7-13-26(24)27)22-18-16-21(17-19-22)15-14-20-8-2-1-3-9-20;14-13-11-7-3-1-5-9(11)10-6-2-4-8-12(10)13/h1-17,30H;2*1-17,28H;1-13,16-19,28H;1-8,13-14H. The maximum absolute atomic E-state index is 12.5. The van der Waals surface area contributed by atoms with Crippen molar-refractivity contribution in [2.45, 2.75) is 28.5 Å². The SMILES string of the molecule is OC1(c2c3ccccc3cc3ccccc23)c2ccccc2-c2ccccc21.OC1(c2cc3ccccc3c3ccccc23)c2ccccc2-c2ccccc21.OC1(c2ccc(C#Cc3ccccc3)cc2)c2ccccc2-c2ccccc21.OC1(c2ccc3ccc4cccc5ccc2c3c45)c2ccccc2-c2ccccc21.OC1c2ccccc2-c2ccccc21. The van der Waals surface area contributed by atoms with Crippen molar-refractivity contribution < 1.29 is 25.5 Å². The van der Waals surface area contributed by atoms with Crippen LogP contribution in [0.5, 0.6) is 0 Å². The van der Waals surface area contributed by atoms with E-state index in [-0.39, 0.29) is 0 Å². The van der Waals surface area contributed by atoms with Crippen LogP contribution in [0.1, 0.15) is 95.1 Å². The van der Waals surface area contributed by atoms with Gasteiger partial charge in [0, 0.05) is 72.3 Å². The highest BCUT2D eigenvalue weighted by molar-refractivity contribution is 6.24. The van der Waals surface area contributed by atoms with Gasteiger partial charge in [-0.05, 0) is 184 Å². The molecule has 0 bridgehead atoms. The van der Waals surface area contributed by atoms with Gasteiger partial charge in [-0.1, -0.05) is 436 Å². The highest BCUT2D eigenvalue weighted by Crippen LogP contribution is 2.58. The van der Waals surface area contributed by atoms with Crippen LogP contribution in [0.25, 0.3) is 131 Å². The average Bonchev–Trinajstić information content (AvgIpc) is 1.62. The zero-order chi connectivity index (χ0) is 85.8. The molecular formula is C123H82O5. The van der Waals surface area contributed by atoms with Gasteiger partial charge in [-0.3, -0.25) is 0 Å². The summed E-state index contributed by atoms with van der Waals surface area (Å²) in [5.41, 5.74) is 21.8. The third-order valence-corrected chi connectivity index (χ3v) is 27.1. The minimum atomic E-state index is -1.19. The fourth-order valence-electron chi connectivity index (χ4n) is 21.4. The van der Waals surface area contributed by atoms with Crippen molar-refractivity contribution in [2.24, 2.45) is 0 Å². The quantitative estimate of drug-likeness (QED) is 0.0687. The lowest BCUT2D eigenvalue weighted by Gasteiger charge is -2.29. The van der Waals surface area contributed by atoms with E-state index in [9.17, 15) is 25.5 Å². The first kappa shape index (κ1) is 77.1. The minimum absolute atomic E-state index is 0.442. The zero-order valence-corrected chi connectivity index (χ0v) is 69.7. The van der Waals surface area contributed by atoms with Crippen molar-refractivity contribution in [1.82, 2.24) is 0 Å². The number of benzene rings is 22. The topological polar surface area (TPSA) is 101 Å². The molecule has 27 rings (SSSR count). The van der Waals surface area contributed by atoms with Gasteiger partial charge in [0.15, 0.2) is 0 Å². The molecule has 0 aliphatic heterocycles. The van der Waals surface area contributed by atoms with Gasteiger partial charge in [-0.2, -0.15) is 0 Å². The first-order chi connectivity index (χ1) is 63.0. The van der Waals surface area contributed by atoms with E-state index in [1.165, 1.54) is 37.7 Å². The molecule has 22 aromatic carbocycles. The van der Waals surface area contributed by atoms with Crippen LogP contribution in [0.3, 0.4) is 0 Å². The molecule has 128 heavy (non-hydrogen) atoms. The number of hydrogen-bond acceptors (Lipinski definition) is 5. The fourth-order valence-corrected chi connectivity index (χ4v) is 21.4. The van der Waals surface area contributed by atoms with Gasteiger partial charge in [0.25, 0.3) is 0 Å². The Bertz CT molecular complexity index is 7940. The summed E-state index contributed by atoms with van der Waals surface area (Å²) in [6.45, 7) is 0. The summed E-state index contributed by atoms with van der Waals surface area (Å²) in [7, 11) is 0. The average molecular weight is 1640 g/mol. The molecule has 5 aliphatic carbocycles. The number of hydrogen-bond donors (Lipinski definition) is 5. The predicted octanol–water partition coefficient (Wildman–Crippen LogP) is 27.5. The molecule has 0 saturated carbocycles. The number of rotatable bonds is 4. The normalized spacial score (nSPS) is 14.0. The van der Waals surface area contributed by atoms with Crippen molar-refractivity contribution in [2.75, 3.05) is 0 Å². The first-order valence-corrected chi connectivity index (χ1v) is 43.7. The monoisotopic (exact) mass is 1640 g/mol. The molecule has 5 aliphatic rings. The van der Waals surface area contributed by atoms with Crippen LogP contribution in [0.15, 0.2) is 461 Å². The molecule has 5 nitrogen and oxygen atoms in total. The molecule has 5 N–H and O–H groups in total. The van der Waals surface area contributed by atoms with Crippen LogP contribution < -0.4 is 0 Å². The molecule has 0 radical (unpaired) electrons. The Labute approximate surface area is 742 Å². The molecule has 0 heterocycles. The Kier molecular flexibility index (Phi) is 18.6. The van der Waals surface area contributed by atoms with Crippen LogP contribution in [-0.4, -0.2) is 25.5 Å². The second-order valence-corrected chi connectivity index (χ2v) is 33.8. The summed E-state index contributed by atoms with van der Waals surface area (Å²) in [5.74, 6) is 6.38. The molecule has 22 aromatic rings. The smallest absolute Gasteiger partial charge is 0.142 e. The van der Waals surface area contributed by atoms with E-state index in [0.717, 1.165) is 182 Å². The lowest BCUT2D eigenvalue weighted by molar-refractivity contribution is 0.130. The summed E-state index contributed by atoms with van der Waals surface area (Å²) in [4.78, 5) is 0. The first-order valence-electron chi connectivity index (χ1n) is 43.7. The molecule has 604 valence electrons. The third kappa shape index (κ3) is 12.1. The lowest BCUT2D eigenvalue weighted by Crippen LogP contribution is -2.27. The van der Waals surface area contributed by atoms with Crippen molar-refractivity contribution in [3.05, 3.63) is 550 Å². The van der Waals surface area contributed by atoms with Crippen molar-refractivity contribution in [3.63, 3.8) is 0 Å². The maximum atomic E-state index is 12.5. The van der Waals surface area contributed by atoms with Crippen LogP contribution in [0.4, 0.5) is 0 Å². The van der Waals surface area contributed by atoms with E-state index in [1.54, 1.807) is 0 Å². The number of aliphatic hydroxyl groups is 5. The number of fused-ring (bicyclic) bond motifs is 20. The second-order valence-electron chi connectivity index (χ2n) is 33.8. The van der Waals surface area contributed by atoms with E-state index >= 15 is 0 Å². The van der Waals surface area contributed by atoms with Crippen molar-refractivity contribution in [1.29, 1.82) is 0 Å². The zero-order valence-electron chi connectivity index (χ0n) is 69.7. The highest BCUT2D eigenvalue weighted by Gasteiger charge is 2.48. The maximum Gasteiger partial charge on any atom is 0.142 e. The van der Waals surface area contributed by atoms with E-state index in [0.29, 0.717) is 0 Å². The second kappa shape index (κ2) is 30.9. The van der Waals surface area contributed by atoms with E-state index < -0.39 is 28.5 Å². The van der Waals surface area contributed by atoms with Crippen molar-refractivity contribution in [3.8, 4) is 67.5 Å². The molecule has 0 aromatic heterocycles. The molecule has 0 spiro atoms. The van der Waals surface area contributed by atoms with Gasteiger partial charge in [0.05, 0.1) is 0 Å². The molecule has 0 unspecified atom stereocenters. The van der Waals surface area contributed by atoms with Gasteiger partial charge >= 0.3 is 0 Å². The summed E-state index contributed by atoms with van der Waals surface area (Å²) in [6, 6.07) is 157. The third-order valence-electron chi connectivity index (χ3n) is 27.1. The van der Waals surface area contributed by atoms with Crippen molar-refractivity contribution >= 4 is 75.4 Å². The Morgan fingerprint density at radius 2 is 0.484 bits per heavy atom. The highest BCUT2D eigenvalue weighted by atomic mass is 16.3. The van der Waals surface area contributed by atoms with Gasteiger partial charge in [0.1, 0.15) is 28.5 Å². The predicted molar refractivity (Wildman–Crippen MR) is 524 cm³/mol. The molecule has 0 atom stereocenters. The van der Waals surface area contributed by atoms with E-state index in [4.69, 9.17) is 0 Å². The Morgan fingerprint density at radius 1 is 0.180 bits per heavy atom. The lowest BCUT2D eigenvalue weighted by atomic mass is 9.79. The summed E-state index contributed by atoms with van der Waals surface area (Å²) in [5, 5.41) is 75.5. The van der Waals surface area contributed by atoms with E-state index in [2.05, 4.69) is 273 Å². The Hall–Kier alpha value is -15.7. The van der Waals surface area contributed by atoms with Gasteiger partial charge in [-0.25, -0.2) is 0 Å². The minimum Gasteiger partial charge on any atom is -0.384 e. The van der Waals surface area contributed by atoms with Gasteiger partial charge < -0.3 is 25.5 Å². The van der Waals surface area contributed by atoms with Gasteiger partial charge in [0.2, 0.25) is 0 Å². The van der Waals surface area contributed by atoms with Crippen LogP contribution in [0, 0.1) is 11.8 Å². The summed E-state index contributed by atoms with van der Waals surface area (Å²) >= 11 is 0. The molecule has 5 heteroatoms. The van der Waals surface area contributed by atoms with Crippen LogP contribution >= 0.6 is 0 Å².